The standard InChI is InChI=1S/C14H12N4O2S/c19-13(11-2-1-9-21-11)16-8-5-12-17-18-14(20-12)10-3-6-15-7-4-10/h1-4,6-7,9H,5,8H2,(H,16,19). The summed E-state index contributed by atoms with van der Waals surface area (Å²) < 4.78 is 5.54. The van der Waals surface area contributed by atoms with Crippen LogP contribution in [0.25, 0.3) is 11.5 Å². The molecule has 3 heterocycles. The first-order valence-corrected chi connectivity index (χ1v) is 7.25. The monoisotopic (exact) mass is 300 g/mol. The van der Waals surface area contributed by atoms with E-state index in [1.807, 2.05) is 11.4 Å². The van der Waals surface area contributed by atoms with Gasteiger partial charge in [0.1, 0.15) is 0 Å². The summed E-state index contributed by atoms with van der Waals surface area (Å²) in [5.41, 5.74) is 0.825. The van der Waals surface area contributed by atoms with Gasteiger partial charge in [-0.05, 0) is 23.6 Å². The fourth-order valence-corrected chi connectivity index (χ4v) is 2.38. The van der Waals surface area contributed by atoms with Crippen molar-refractivity contribution in [1.29, 1.82) is 0 Å². The van der Waals surface area contributed by atoms with Crippen LogP contribution in [-0.2, 0) is 6.42 Å². The summed E-state index contributed by atoms with van der Waals surface area (Å²) in [6, 6.07) is 7.23. The Morgan fingerprint density at radius 3 is 2.86 bits per heavy atom. The lowest BCUT2D eigenvalue weighted by atomic mass is 10.3. The highest BCUT2D eigenvalue weighted by atomic mass is 32.1. The van der Waals surface area contributed by atoms with Crippen molar-refractivity contribution in [2.45, 2.75) is 6.42 Å². The second-order valence-corrected chi connectivity index (χ2v) is 5.17. The SMILES string of the molecule is O=C(NCCc1nnc(-c2ccncc2)o1)c1cccs1. The van der Waals surface area contributed by atoms with E-state index in [4.69, 9.17) is 4.42 Å². The summed E-state index contributed by atoms with van der Waals surface area (Å²) in [6.45, 7) is 0.453. The second kappa shape index (κ2) is 6.27. The molecule has 0 aliphatic heterocycles. The van der Waals surface area contributed by atoms with Crippen LogP contribution in [0.4, 0.5) is 0 Å². The average molecular weight is 300 g/mol. The lowest BCUT2D eigenvalue weighted by molar-refractivity contribution is 0.0957. The third-order valence-electron chi connectivity index (χ3n) is 2.76. The van der Waals surface area contributed by atoms with Crippen molar-refractivity contribution < 1.29 is 9.21 Å². The molecule has 0 spiro atoms. The fraction of sp³-hybridized carbons (Fsp3) is 0.143. The highest BCUT2D eigenvalue weighted by molar-refractivity contribution is 7.12. The molecule has 3 rings (SSSR count). The minimum absolute atomic E-state index is 0.0844. The van der Waals surface area contributed by atoms with E-state index < -0.39 is 0 Å². The van der Waals surface area contributed by atoms with Crippen molar-refractivity contribution in [2.75, 3.05) is 6.54 Å². The Bertz CT molecular complexity index is 710. The summed E-state index contributed by atoms with van der Waals surface area (Å²) in [4.78, 5) is 16.4. The van der Waals surface area contributed by atoms with Crippen molar-refractivity contribution in [1.82, 2.24) is 20.5 Å². The van der Waals surface area contributed by atoms with Gasteiger partial charge in [0.2, 0.25) is 11.8 Å². The Morgan fingerprint density at radius 2 is 2.10 bits per heavy atom. The summed E-state index contributed by atoms with van der Waals surface area (Å²) >= 11 is 1.41. The maximum absolute atomic E-state index is 11.7. The molecule has 0 radical (unpaired) electrons. The van der Waals surface area contributed by atoms with Crippen molar-refractivity contribution in [2.24, 2.45) is 0 Å². The van der Waals surface area contributed by atoms with E-state index in [1.165, 1.54) is 11.3 Å². The van der Waals surface area contributed by atoms with Crippen LogP contribution in [0.2, 0.25) is 0 Å². The first-order valence-electron chi connectivity index (χ1n) is 6.37. The minimum atomic E-state index is -0.0844. The highest BCUT2D eigenvalue weighted by Gasteiger charge is 2.09. The number of carbonyl (C=O) groups excluding carboxylic acids is 1. The Labute approximate surface area is 124 Å². The molecule has 0 unspecified atom stereocenters. The van der Waals surface area contributed by atoms with E-state index in [1.54, 1.807) is 30.6 Å². The van der Waals surface area contributed by atoms with Gasteiger partial charge in [-0.15, -0.1) is 21.5 Å². The number of rotatable bonds is 5. The number of carbonyl (C=O) groups is 1. The molecule has 1 amide bonds. The molecule has 1 N–H and O–H groups in total. The van der Waals surface area contributed by atoms with E-state index in [9.17, 15) is 4.79 Å². The van der Waals surface area contributed by atoms with Crippen LogP contribution in [0.1, 0.15) is 15.6 Å². The van der Waals surface area contributed by atoms with E-state index in [0.29, 0.717) is 29.6 Å². The van der Waals surface area contributed by atoms with Crippen LogP contribution < -0.4 is 5.32 Å². The fourth-order valence-electron chi connectivity index (χ4n) is 1.74. The molecular weight excluding hydrogens is 288 g/mol. The first kappa shape index (κ1) is 13.4. The number of aromatic nitrogens is 3. The van der Waals surface area contributed by atoms with Gasteiger partial charge in [0.05, 0.1) is 4.88 Å². The van der Waals surface area contributed by atoms with Gasteiger partial charge in [-0.1, -0.05) is 6.07 Å². The van der Waals surface area contributed by atoms with Crippen molar-refractivity contribution in [3.05, 3.63) is 52.8 Å². The van der Waals surface area contributed by atoms with E-state index in [0.717, 1.165) is 5.56 Å². The van der Waals surface area contributed by atoms with Crippen LogP contribution in [-0.4, -0.2) is 27.6 Å². The molecule has 0 fully saturated rings. The quantitative estimate of drug-likeness (QED) is 0.781. The number of nitrogens with one attached hydrogen (secondary N) is 1. The second-order valence-electron chi connectivity index (χ2n) is 4.22. The normalized spacial score (nSPS) is 10.5. The number of hydrogen-bond donors (Lipinski definition) is 1. The Hall–Kier alpha value is -2.54. The molecule has 3 aromatic heterocycles. The molecule has 0 aromatic carbocycles. The van der Waals surface area contributed by atoms with E-state index >= 15 is 0 Å². The van der Waals surface area contributed by atoms with Gasteiger partial charge in [0, 0.05) is 30.9 Å². The van der Waals surface area contributed by atoms with Gasteiger partial charge in [-0.2, -0.15) is 0 Å². The zero-order valence-corrected chi connectivity index (χ0v) is 11.8. The van der Waals surface area contributed by atoms with Crippen LogP contribution in [0, 0.1) is 0 Å². The highest BCUT2D eigenvalue weighted by Crippen LogP contribution is 2.16. The summed E-state index contributed by atoms with van der Waals surface area (Å²) in [6.07, 6.45) is 3.83. The van der Waals surface area contributed by atoms with Crippen molar-refractivity contribution in [3.8, 4) is 11.5 Å². The third-order valence-corrected chi connectivity index (χ3v) is 3.63. The number of pyridine rings is 1. The molecule has 7 heteroatoms. The molecule has 6 nitrogen and oxygen atoms in total. The molecule has 0 atom stereocenters. The topological polar surface area (TPSA) is 80.9 Å². The first-order chi connectivity index (χ1) is 10.3. The number of hydrogen-bond acceptors (Lipinski definition) is 6. The molecule has 0 aliphatic carbocycles. The molecular formula is C14H12N4O2S. The molecule has 0 saturated carbocycles. The van der Waals surface area contributed by atoms with Crippen LogP contribution in [0.3, 0.4) is 0 Å². The Kier molecular flexibility index (Phi) is 4.02. The summed E-state index contributed by atoms with van der Waals surface area (Å²) in [5, 5.41) is 12.6. The summed E-state index contributed by atoms with van der Waals surface area (Å²) in [5.74, 6) is 0.865. The van der Waals surface area contributed by atoms with Crippen molar-refractivity contribution >= 4 is 17.2 Å². The number of nitrogens with zero attached hydrogens (tertiary/aromatic N) is 3. The molecule has 0 saturated heterocycles. The Morgan fingerprint density at radius 1 is 1.24 bits per heavy atom. The van der Waals surface area contributed by atoms with Crippen molar-refractivity contribution in [3.63, 3.8) is 0 Å². The van der Waals surface area contributed by atoms with Gasteiger partial charge in [0.15, 0.2) is 0 Å². The largest absolute Gasteiger partial charge is 0.421 e. The predicted molar refractivity (Wildman–Crippen MR) is 77.9 cm³/mol. The Balaban J connectivity index is 1.55. The average Bonchev–Trinajstić information content (AvgIpc) is 3.20. The summed E-state index contributed by atoms with van der Waals surface area (Å²) in [7, 11) is 0. The molecule has 0 aliphatic rings. The zero-order valence-electron chi connectivity index (χ0n) is 11.0. The van der Waals surface area contributed by atoms with Gasteiger partial charge in [-0.25, -0.2) is 0 Å². The maximum Gasteiger partial charge on any atom is 0.261 e. The number of thiophene rings is 1. The van der Waals surface area contributed by atoms with Gasteiger partial charge in [0.25, 0.3) is 5.91 Å². The third kappa shape index (κ3) is 3.32. The van der Waals surface area contributed by atoms with Crippen LogP contribution in [0.5, 0.6) is 0 Å². The minimum Gasteiger partial charge on any atom is -0.421 e. The van der Waals surface area contributed by atoms with Gasteiger partial charge >= 0.3 is 0 Å². The molecule has 106 valence electrons. The van der Waals surface area contributed by atoms with E-state index in [-0.39, 0.29) is 5.91 Å². The predicted octanol–water partition coefficient (Wildman–Crippen LogP) is 2.17. The van der Waals surface area contributed by atoms with Crippen LogP contribution >= 0.6 is 11.3 Å². The smallest absolute Gasteiger partial charge is 0.261 e. The lowest BCUT2D eigenvalue weighted by Crippen LogP contribution is -2.24. The zero-order chi connectivity index (χ0) is 14.5. The van der Waals surface area contributed by atoms with Gasteiger partial charge < -0.3 is 9.73 Å². The van der Waals surface area contributed by atoms with E-state index in [2.05, 4.69) is 20.5 Å². The lowest BCUT2D eigenvalue weighted by Gasteiger charge is -2.00. The van der Waals surface area contributed by atoms with Gasteiger partial charge in [-0.3, -0.25) is 9.78 Å². The number of amides is 1. The maximum atomic E-state index is 11.7. The van der Waals surface area contributed by atoms with Crippen LogP contribution in [0.15, 0.2) is 46.5 Å². The molecule has 0 bridgehead atoms. The molecule has 3 aromatic rings. The molecule has 21 heavy (non-hydrogen) atoms.